The van der Waals surface area contributed by atoms with E-state index < -0.39 is 0 Å². The Morgan fingerprint density at radius 1 is 1.41 bits per heavy atom. The molecule has 0 aromatic heterocycles. The number of hydrazone groups is 1. The lowest BCUT2D eigenvalue weighted by Gasteiger charge is -2.12. The lowest BCUT2D eigenvalue weighted by molar-refractivity contribution is 0.627. The highest BCUT2D eigenvalue weighted by Gasteiger charge is 2.06. The van der Waals surface area contributed by atoms with Crippen LogP contribution in [0.4, 0.5) is 5.69 Å². The van der Waals surface area contributed by atoms with Gasteiger partial charge in [0.1, 0.15) is 0 Å². The summed E-state index contributed by atoms with van der Waals surface area (Å²) in [6.07, 6.45) is 9.90. The zero-order valence-corrected chi connectivity index (χ0v) is 10.7. The molecule has 17 heavy (non-hydrogen) atoms. The maximum atomic E-state index is 6.04. The molecule has 0 saturated heterocycles. The van der Waals surface area contributed by atoms with Gasteiger partial charge in [-0.3, -0.25) is 5.43 Å². The van der Waals surface area contributed by atoms with Crippen LogP contribution in [0.1, 0.15) is 24.8 Å². The summed E-state index contributed by atoms with van der Waals surface area (Å²) in [4.78, 5) is 0. The van der Waals surface area contributed by atoms with E-state index in [9.17, 15) is 0 Å². The maximum absolute atomic E-state index is 6.04. The molecule has 1 unspecified atom stereocenters. The lowest BCUT2D eigenvalue weighted by atomic mass is 9.96. The molecule has 1 aliphatic carbocycles. The van der Waals surface area contributed by atoms with Gasteiger partial charge in [0, 0.05) is 11.2 Å². The summed E-state index contributed by atoms with van der Waals surface area (Å²) >= 11 is 6.04. The van der Waals surface area contributed by atoms with Crippen LogP contribution in [0.3, 0.4) is 0 Å². The van der Waals surface area contributed by atoms with Gasteiger partial charge in [0.25, 0.3) is 0 Å². The smallest absolute Gasteiger partial charge is 0.0576 e. The monoisotopic (exact) mass is 248 g/mol. The molecule has 1 atom stereocenters. The van der Waals surface area contributed by atoms with Crippen molar-refractivity contribution >= 4 is 23.5 Å². The normalized spacial score (nSPS) is 19.8. The number of nitrogens with zero attached hydrogens (tertiary/aromatic N) is 1. The van der Waals surface area contributed by atoms with E-state index in [1.165, 1.54) is 6.42 Å². The van der Waals surface area contributed by atoms with Crippen molar-refractivity contribution in [2.24, 2.45) is 11.0 Å². The Bertz CT molecular complexity index is 438. The van der Waals surface area contributed by atoms with Crippen LogP contribution in [0.5, 0.6) is 0 Å². The predicted octanol–water partition coefficient (Wildman–Crippen LogP) is 4.40. The van der Waals surface area contributed by atoms with Crippen molar-refractivity contribution in [1.29, 1.82) is 0 Å². The van der Waals surface area contributed by atoms with Gasteiger partial charge in [-0.25, -0.2) is 0 Å². The van der Waals surface area contributed by atoms with E-state index in [4.69, 9.17) is 11.6 Å². The fraction of sp³-hybridized carbons (Fsp3) is 0.357. The Kier molecular flexibility index (Phi) is 4.21. The van der Waals surface area contributed by atoms with Crippen LogP contribution in [-0.2, 0) is 0 Å². The molecule has 0 spiro atoms. The standard InChI is InChI=1S/C14H17ClN2/c1-11-7-8-13(9-14(11)15)17-16-10-12-5-3-2-4-6-12/h2-3,7-10,12,17H,4-6H2,1H3. The molecular formula is C14H17ClN2. The SMILES string of the molecule is Cc1ccc(NN=CC2CC=CCC2)cc1Cl. The summed E-state index contributed by atoms with van der Waals surface area (Å²) in [5.41, 5.74) is 5.04. The lowest BCUT2D eigenvalue weighted by Crippen LogP contribution is -2.05. The second-order valence-corrected chi connectivity index (χ2v) is 4.81. The van der Waals surface area contributed by atoms with Gasteiger partial charge in [-0.1, -0.05) is 29.8 Å². The number of hydrogen-bond donors (Lipinski definition) is 1. The van der Waals surface area contributed by atoms with Crippen molar-refractivity contribution in [3.63, 3.8) is 0 Å². The summed E-state index contributed by atoms with van der Waals surface area (Å²) in [5, 5.41) is 5.04. The third-order valence-corrected chi connectivity index (χ3v) is 3.37. The number of rotatable bonds is 3. The second kappa shape index (κ2) is 5.87. The molecule has 0 radical (unpaired) electrons. The number of hydrogen-bond acceptors (Lipinski definition) is 2. The first-order chi connectivity index (χ1) is 8.25. The number of benzene rings is 1. The molecule has 1 aromatic rings. The molecule has 0 amide bonds. The number of nitrogens with one attached hydrogen (secondary N) is 1. The summed E-state index contributed by atoms with van der Waals surface area (Å²) < 4.78 is 0. The van der Waals surface area contributed by atoms with E-state index in [-0.39, 0.29) is 0 Å². The van der Waals surface area contributed by atoms with E-state index >= 15 is 0 Å². The van der Waals surface area contributed by atoms with Crippen LogP contribution >= 0.6 is 11.6 Å². The highest BCUT2D eigenvalue weighted by molar-refractivity contribution is 6.31. The first-order valence-electron chi connectivity index (χ1n) is 5.96. The average Bonchev–Trinajstić information content (AvgIpc) is 2.35. The van der Waals surface area contributed by atoms with Gasteiger partial charge in [0.05, 0.1) is 5.69 Å². The highest BCUT2D eigenvalue weighted by Crippen LogP contribution is 2.20. The maximum Gasteiger partial charge on any atom is 0.0576 e. The molecule has 90 valence electrons. The van der Waals surface area contributed by atoms with Gasteiger partial charge in [-0.05, 0) is 49.8 Å². The summed E-state index contributed by atoms with van der Waals surface area (Å²) in [7, 11) is 0. The Labute approximate surface area is 107 Å². The van der Waals surface area contributed by atoms with Crippen molar-refractivity contribution in [3.05, 3.63) is 40.9 Å². The molecule has 2 rings (SSSR count). The van der Waals surface area contributed by atoms with Crippen LogP contribution in [-0.4, -0.2) is 6.21 Å². The van der Waals surface area contributed by atoms with Gasteiger partial charge in [-0.2, -0.15) is 5.10 Å². The van der Waals surface area contributed by atoms with Crippen LogP contribution in [0.2, 0.25) is 5.02 Å². The number of aryl methyl sites for hydroxylation is 1. The first kappa shape index (κ1) is 12.2. The van der Waals surface area contributed by atoms with Crippen molar-refractivity contribution in [2.45, 2.75) is 26.2 Å². The minimum absolute atomic E-state index is 0.563. The van der Waals surface area contributed by atoms with Crippen LogP contribution < -0.4 is 5.43 Å². The van der Waals surface area contributed by atoms with Gasteiger partial charge in [-0.15, -0.1) is 0 Å². The van der Waals surface area contributed by atoms with Gasteiger partial charge in [0.2, 0.25) is 0 Å². The van der Waals surface area contributed by atoms with Crippen molar-refractivity contribution in [3.8, 4) is 0 Å². The van der Waals surface area contributed by atoms with E-state index in [1.807, 2.05) is 31.3 Å². The molecule has 0 fully saturated rings. The Balaban J connectivity index is 1.90. The van der Waals surface area contributed by atoms with Crippen molar-refractivity contribution in [1.82, 2.24) is 0 Å². The third kappa shape index (κ3) is 3.60. The Hall–Kier alpha value is -1.28. The van der Waals surface area contributed by atoms with Gasteiger partial charge >= 0.3 is 0 Å². The molecule has 0 heterocycles. The average molecular weight is 249 g/mol. The summed E-state index contributed by atoms with van der Waals surface area (Å²) in [5.74, 6) is 0.563. The van der Waals surface area contributed by atoms with E-state index in [1.54, 1.807) is 0 Å². The second-order valence-electron chi connectivity index (χ2n) is 4.40. The Morgan fingerprint density at radius 3 is 3.00 bits per heavy atom. The molecule has 1 aromatic carbocycles. The van der Waals surface area contributed by atoms with Gasteiger partial charge in [0.15, 0.2) is 0 Å². The third-order valence-electron chi connectivity index (χ3n) is 2.96. The first-order valence-corrected chi connectivity index (χ1v) is 6.34. The van der Waals surface area contributed by atoms with Crippen molar-refractivity contribution in [2.75, 3.05) is 5.43 Å². The van der Waals surface area contributed by atoms with E-state index in [0.717, 1.165) is 29.1 Å². The zero-order valence-electron chi connectivity index (χ0n) is 9.99. The molecule has 2 nitrogen and oxygen atoms in total. The minimum atomic E-state index is 0.563. The molecule has 3 heteroatoms. The van der Waals surface area contributed by atoms with E-state index in [2.05, 4.69) is 22.7 Å². The van der Waals surface area contributed by atoms with Crippen LogP contribution in [0.15, 0.2) is 35.5 Å². The molecule has 1 N–H and O–H groups in total. The Morgan fingerprint density at radius 2 is 2.29 bits per heavy atom. The molecule has 0 bridgehead atoms. The topological polar surface area (TPSA) is 24.4 Å². The van der Waals surface area contributed by atoms with Gasteiger partial charge < -0.3 is 0 Å². The molecule has 1 aliphatic rings. The number of halogens is 1. The van der Waals surface area contributed by atoms with Crippen LogP contribution in [0.25, 0.3) is 0 Å². The molecular weight excluding hydrogens is 232 g/mol. The quantitative estimate of drug-likeness (QED) is 0.479. The fourth-order valence-electron chi connectivity index (χ4n) is 1.83. The molecule has 0 saturated carbocycles. The van der Waals surface area contributed by atoms with Crippen LogP contribution in [0, 0.1) is 12.8 Å². The summed E-state index contributed by atoms with van der Waals surface area (Å²) in [6, 6.07) is 5.87. The van der Waals surface area contributed by atoms with E-state index in [0.29, 0.717) is 5.92 Å². The van der Waals surface area contributed by atoms with Crippen molar-refractivity contribution < 1.29 is 0 Å². The predicted molar refractivity (Wildman–Crippen MR) is 74.8 cm³/mol. The largest absolute Gasteiger partial charge is 0.279 e. The fourth-order valence-corrected chi connectivity index (χ4v) is 2.01. The number of allylic oxidation sites excluding steroid dienone is 2. The zero-order chi connectivity index (χ0) is 12.1. The minimum Gasteiger partial charge on any atom is -0.279 e. The number of anilines is 1. The molecule has 0 aliphatic heterocycles. The summed E-state index contributed by atoms with van der Waals surface area (Å²) in [6.45, 7) is 1.99. The highest BCUT2D eigenvalue weighted by atomic mass is 35.5.